The fourth-order valence-electron chi connectivity index (χ4n) is 4.45. The highest BCUT2D eigenvalue weighted by Gasteiger charge is 2.27. The lowest BCUT2D eigenvalue weighted by molar-refractivity contribution is -0.118. The van der Waals surface area contributed by atoms with Gasteiger partial charge in [-0.3, -0.25) is 15.5 Å². The van der Waals surface area contributed by atoms with Gasteiger partial charge < -0.3 is 24.8 Å². The summed E-state index contributed by atoms with van der Waals surface area (Å²) in [6.45, 7) is 5.06. The van der Waals surface area contributed by atoms with E-state index in [0.717, 1.165) is 21.6 Å². The van der Waals surface area contributed by atoms with E-state index in [-0.39, 0.29) is 25.3 Å². The third-order valence-electron chi connectivity index (χ3n) is 6.73. The van der Waals surface area contributed by atoms with Gasteiger partial charge in [0.1, 0.15) is 24.9 Å². The molecule has 254 valence electrons. The van der Waals surface area contributed by atoms with E-state index < -0.39 is 41.8 Å². The number of hydrogen-bond donors (Lipinski definition) is 4. The average Bonchev–Trinajstić information content (AvgIpc) is 3.07. The highest BCUT2D eigenvalue weighted by Crippen LogP contribution is 2.21. The molecular formula is C37H39N5O7. The maximum Gasteiger partial charge on any atom is 0.421 e. The van der Waals surface area contributed by atoms with Crippen molar-refractivity contribution >= 4 is 41.5 Å². The first kappa shape index (κ1) is 35.7. The van der Waals surface area contributed by atoms with Gasteiger partial charge in [-0.2, -0.15) is 0 Å². The zero-order valence-electron chi connectivity index (χ0n) is 27.5. The Hall–Kier alpha value is -6.17. The number of ether oxygens (including phenoxy) is 3. The Balaban J connectivity index is 1.48. The van der Waals surface area contributed by atoms with Crippen LogP contribution in [0.15, 0.2) is 115 Å². The molecule has 4 aromatic carbocycles. The molecule has 12 nitrogen and oxygen atoms in total. The molecule has 0 fully saturated rings. The maximum absolute atomic E-state index is 13.4. The first-order valence-corrected chi connectivity index (χ1v) is 15.5. The topological polar surface area (TPSA) is 159 Å². The van der Waals surface area contributed by atoms with E-state index in [9.17, 15) is 19.2 Å². The Morgan fingerprint density at radius 1 is 0.694 bits per heavy atom. The molecule has 1 atom stereocenters. The summed E-state index contributed by atoms with van der Waals surface area (Å²) in [5.74, 6) is -1.12. The lowest BCUT2D eigenvalue weighted by Gasteiger charge is -2.24. The standard InChI is InChI=1S/C37H39N5O7/c1-37(2,3)49-35(45)40-31(23-26-13-7-4-8-14-26)32(43)39-29-19-21-30(22-20-29)42(36(46)48-25-28-17-11-6-12-18-28)33(38)41-34(44)47-24-27-15-9-5-10-16-27/h4-22,31H,23-25H2,1-3H3,(H,39,43)(H,40,45)(H2,38,41,44)/t31-/m0/s1. The molecule has 4 aromatic rings. The summed E-state index contributed by atoms with van der Waals surface area (Å²) >= 11 is 0. The summed E-state index contributed by atoms with van der Waals surface area (Å²) in [5, 5.41) is 16.3. The molecule has 0 unspecified atom stereocenters. The summed E-state index contributed by atoms with van der Waals surface area (Å²) in [6, 6.07) is 32.2. The van der Waals surface area contributed by atoms with Gasteiger partial charge in [-0.15, -0.1) is 0 Å². The van der Waals surface area contributed by atoms with Crippen LogP contribution in [0.1, 0.15) is 37.5 Å². The highest BCUT2D eigenvalue weighted by atomic mass is 16.6. The Labute approximate surface area is 284 Å². The number of benzene rings is 4. The van der Waals surface area contributed by atoms with Crippen molar-refractivity contribution in [2.24, 2.45) is 0 Å². The average molecular weight is 666 g/mol. The van der Waals surface area contributed by atoms with Crippen molar-refractivity contribution in [1.29, 1.82) is 5.41 Å². The number of nitrogens with zero attached hydrogens (tertiary/aromatic N) is 1. The number of guanidine groups is 1. The van der Waals surface area contributed by atoms with Gasteiger partial charge in [0.25, 0.3) is 0 Å². The fourth-order valence-corrected chi connectivity index (χ4v) is 4.45. The molecule has 12 heteroatoms. The molecule has 0 radical (unpaired) electrons. The van der Waals surface area contributed by atoms with Gasteiger partial charge in [0.15, 0.2) is 0 Å². The highest BCUT2D eigenvalue weighted by molar-refractivity contribution is 6.16. The van der Waals surface area contributed by atoms with Crippen LogP contribution in [0.2, 0.25) is 0 Å². The number of hydrogen-bond acceptors (Lipinski definition) is 8. The van der Waals surface area contributed by atoms with E-state index in [0.29, 0.717) is 5.69 Å². The Morgan fingerprint density at radius 2 is 1.20 bits per heavy atom. The van der Waals surface area contributed by atoms with Gasteiger partial charge in [0, 0.05) is 12.1 Å². The molecular weight excluding hydrogens is 626 g/mol. The molecule has 0 saturated carbocycles. The fraction of sp³-hybridized carbons (Fsp3) is 0.216. The van der Waals surface area contributed by atoms with E-state index in [1.807, 2.05) is 42.5 Å². The SMILES string of the molecule is CC(C)(C)OC(=O)N[C@@H](Cc1ccccc1)C(=O)Nc1ccc(N(C(=N)NC(=O)OCc2ccccc2)C(=O)OCc2ccccc2)cc1. The molecule has 4 amide bonds. The van der Waals surface area contributed by atoms with Crippen molar-refractivity contribution < 1.29 is 33.4 Å². The van der Waals surface area contributed by atoms with E-state index in [1.54, 1.807) is 69.3 Å². The van der Waals surface area contributed by atoms with Crippen molar-refractivity contribution in [3.63, 3.8) is 0 Å². The number of rotatable bonds is 10. The van der Waals surface area contributed by atoms with Crippen LogP contribution in [0.3, 0.4) is 0 Å². The summed E-state index contributed by atoms with van der Waals surface area (Å²) in [5.41, 5.74) is 2.04. The Kier molecular flexibility index (Phi) is 12.5. The third kappa shape index (κ3) is 11.9. The summed E-state index contributed by atoms with van der Waals surface area (Å²) in [6.07, 6.45) is -2.41. The molecule has 0 aliphatic heterocycles. The van der Waals surface area contributed by atoms with Crippen molar-refractivity contribution in [2.75, 3.05) is 10.2 Å². The molecule has 0 saturated heterocycles. The lowest BCUT2D eigenvalue weighted by atomic mass is 10.1. The first-order chi connectivity index (χ1) is 23.5. The molecule has 49 heavy (non-hydrogen) atoms. The van der Waals surface area contributed by atoms with Crippen LogP contribution in [0.5, 0.6) is 0 Å². The molecule has 0 aliphatic rings. The van der Waals surface area contributed by atoms with Crippen molar-refractivity contribution in [1.82, 2.24) is 10.6 Å². The number of amides is 4. The van der Waals surface area contributed by atoms with Crippen molar-refractivity contribution in [3.8, 4) is 0 Å². The molecule has 0 aliphatic carbocycles. The smallest absolute Gasteiger partial charge is 0.421 e. The Morgan fingerprint density at radius 3 is 1.73 bits per heavy atom. The quantitative estimate of drug-likeness (QED) is 0.0827. The van der Waals surface area contributed by atoms with Crippen molar-refractivity contribution in [3.05, 3.63) is 132 Å². The summed E-state index contributed by atoms with van der Waals surface area (Å²) in [4.78, 5) is 52.7. The van der Waals surface area contributed by atoms with E-state index >= 15 is 0 Å². The summed E-state index contributed by atoms with van der Waals surface area (Å²) in [7, 11) is 0. The number of alkyl carbamates (subject to hydrolysis) is 2. The van der Waals surface area contributed by atoms with Crippen LogP contribution in [-0.4, -0.2) is 41.8 Å². The van der Waals surface area contributed by atoms with Gasteiger partial charge in [-0.1, -0.05) is 91.0 Å². The van der Waals surface area contributed by atoms with E-state index in [4.69, 9.17) is 19.6 Å². The van der Waals surface area contributed by atoms with Gasteiger partial charge in [0.05, 0.1) is 5.69 Å². The second-order valence-corrected chi connectivity index (χ2v) is 11.8. The van der Waals surface area contributed by atoms with Gasteiger partial charge in [-0.25, -0.2) is 19.3 Å². The van der Waals surface area contributed by atoms with Gasteiger partial charge in [-0.05, 0) is 61.7 Å². The van der Waals surface area contributed by atoms with E-state index in [2.05, 4.69) is 16.0 Å². The third-order valence-corrected chi connectivity index (χ3v) is 6.73. The van der Waals surface area contributed by atoms with Crippen LogP contribution in [0.4, 0.5) is 25.8 Å². The Bertz CT molecular complexity index is 1710. The predicted octanol–water partition coefficient (Wildman–Crippen LogP) is 6.77. The number of nitrogens with one attached hydrogen (secondary N) is 4. The van der Waals surface area contributed by atoms with Crippen LogP contribution < -0.4 is 20.9 Å². The predicted molar refractivity (Wildman–Crippen MR) is 185 cm³/mol. The second kappa shape index (κ2) is 17.1. The minimum absolute atomic E-state index is 0.0408. The van der Waals surface area contributed by atoms with Gasteiger partial charge >= 0.3 is 18.3 Å². The van der Waals surface area contributed by atoms with Crippen LogP contribution in [-0.2, 0) is 38.6 Å². The minimum atomic E-state index is -0.972. The molecule has 0 heterocycles. The van der Waals surface area contributed by atoms with Crippen molar-refractivity contribution in [2.45, 2.75) is 52.0 Å². The number of carbonyl (C=O) groups excluding carboxylic acids is 4. The zero-order valence-corrected chi connectivity index (χ0v) is 27.5. The first-order valence-electron chi connectivity index (χ1n) is 15.5. The largest absolute Gasteiger partial charge is 0.444 e. The van der Waals surface area contributed by atoms with Gasteiger partial charge in [0.2, 0.25) is 11.9 Å². The molecule has 4 rings (SSSR count). The zero-order chi connectivity index (χ0) is 35.2. The molecule has 4 N–H and O–H groups in total. The van der Waals surface area contributed by atoms with Crippen LogP contribution in [0.25, 0.3) is 0 Å². The van der Waals surface area contributed by atoms with Crippen LogP contribution >= 0.6 is 0 Å². The molecule has 0 bridgehead atoms. The van der Waals surface area contributed by atoms with Crippen LogP contribution in [0, 0.1) is 5.41 Å². The normalized spacial score (nSPS) is 11.3. The summed E-state index contributed by atoms with van der Waals surface area (Å²) < 4.78 is 16.1. The second-order valence-electron chi connectivity index (χ2n) is 11.8. The monoisotopic (exact) mass is 665 g/mol. The number of carbonyl (C=O) groups is 4. The molecule has 0 aromatic heterocycles. The van der Waals surface area contributed by atoms with E-state index in [1.165, 1.54) is 24.3 Å². The molecule has 0 spiro atoms. The number of anilines is 2. The maximum atomic E-state index is 13.4. The lowest BCUT2D eigenvalue weighted by Crippen LogP contribution is -2.47. The minimum Gasteiger partial charge on any atom is -0.444 e.